The number of ether oxygens (including phenoxy) is 2. The molecule has 1 aliphatic heterocycles. The summed E-state index contributed by atoms with van der Waals surface area (Å²) in [6.45, 7) is 3.62. The summed E-state index contributed by atoms with van der Waals surface area (Å²) in [6, 6.07) is 11.9. The van der Waals surface area contributed by atoms with E-state index in [1.54, 1.807) is 18.2 Å². The van der Waals surface area contributed by atoms with Gasteiger partial charge in [-0.1, -0.05) is 49.6 Å². The lowest BCUT2D eigenvalue weighted by molar-refractivity contribution is -0.140. The van der Waals surface area contributed by atoms with Crippen LogP contribution in [0.4, 0.5) is 5.69 Å². The fourth-order valence-electron chi connectivity index (χ4n) is 4.95. The lowest BCUT2D eigenvalue weighted by atomic mass is 10.1. The molecule has 0 saturated heterocycles. The smallest absolute Gasteiger partial charge is 0.244 e. The minimum absolute atomic E-state index is 0.0507. The number of amides is 2. The summed E-state index contributed by atoms with van der Waals surface area (Å²) in [5.74, 6) is 0.263. The van der Waals surface area contributed by atoms with E-state index in [1.165, 1.54) is 4.90 Å². The number of nitrogens with one attached hydrogen (secondary N) is 1. The van der Waals surface area contributed by atoms with Gasteiger partial charge in [-0.2, -0.15) is 0 Å². The third kappa shape index (κ3) is 6.54. The Labute approximate surface area is 218 Å². The maximum absolute atomic E-state index is 13.8. The number of rotatable bonds is 10. The summed E-state index contributed by atoms with van der Waals surface area (Å²) in [4.78, 5) is 28.7. The summed E-state index contributed by atoms with van der Waals surface area (Å²) < 4.78 is 37.4. The van der Waals surface area contributed by atoms with Gasteiger partial charge in [0.1, 0.15) is 12.6 Å². The van der Waals surface area contributed by atoms with E-state index in [0.29, 0.717) is 23.6 Å². The van der Waals surface area contributed by atoms with E-state index in [2.05, 4.69) is 5.32 Å². The number of aryl methyl sites for hydroxylation is 1. The topological polar surface area (TPSA) is 105 Å². The van der Waals surface area contributed by atoms with Crippen molar-refractivity contribution in [3.8, 4) is 11.5 Å². The first-order chi connectivity index (χ1) is 17.7. The number of hydrogen-bond donors (Lipinski definition) is 1. The van der Waals surface area contributed by atoms with Crippen molar-refractivity contribution in [2.45, 2.75) is 64.6 Å². The molecule has 0 unspecified atom stereocenters. The van der Waals surface area contributed by atoms with Gasteiger partial charge in [-0.15, -0.1) is 0 Å². The predicted molar refractivity (Wildman–Crippen MR) is 141 cm³/mol. The van der Waals surface area contributed by atoms with Gasteiger partial charge in [0.25, 0.3) is 0 Å². The zero-order valence-corrected chi connectivity index (χ0v) is 22.4. The van der Waals surface area contributed by atoms with Crippen LogP contribution in [-0.2, 0) is 26.2 Å². The molecule has 10 heteroatoms. The number of benzene rings is 2. The molecule has 0 aromatic heterocycles. The molecular formula is C27H35N3O6S. The van der Waals surface area contributed by atoms with Crippen molar-refractivity contribution in [1.82, 2.24) is 10.2 Å². The highest BCUT2D eigenvalue weighted by molar-refractivity contribution is 7.92. The second kappa shape index (κ2) is 11.4. The Bertz CT molecular complexity index is 1240. The van der Waals surface area contributed by atoms with Crippen LogP contribution in [0.25, 0.3) is 0 Å². The molecule has 1 saturated carbocycles. The van der Waals surface area contributed by atoms with Gasteiger partial charge in [0.15, 0.2) is 11.5 Å². The summed E-state index contributed by atoms with van der Waals surface area (Å²) in [5, 5.41) is 3.11. The maximum Gasteiger partial charge on any atom is 0.244 e. The molecule has 9 nitrogen and oxygen atoms in total. The monoisotopic (exact) mass is 529 g/mol. The third-order valence-electron chi connectivity index (χ3n) is 6.85. The highest BCUT2D eigenvalue weighted by Gasteiger charge is 2.33. The number of nitrogens with zero attached hydrogens (tertiary/aromatic N) is 2. The Morgan fingerprint density at radius 1 is 1.08 bits per heavy atom. The van der Waals surface area contributed by atoms with Gasteiger partial charge in [-0.05, 0) is 43.9 Å². The van der Waals surface area contributed by atoms with Crippen molar-refractivity contribution >= 4 is 27.5 Å². The molecule has 1 N–H and O–H groups in total. The first kappa shape index (κ1) is 26.8. The highest BCUT2D eigenvalue weighted by Crippen LogP contribution is 2.36. The van der Waals surface area contributed by atoms with Gasteiger partial charge >= 0.3 is 0 Å². The Balaban J connectivity index is 1.63. The van der Waals surface area contributed by atoms with Crippen molar-refractivity contribution in [3.63, 3.8) is 0 Å². The lowest BCUT2D eigenvalue weighted by Gasteiger charge is -2.33. The van der Waals surface area contributed by atoms with Crippen LogP contribution in [0, 0.1) is 6.92 Å². The van der Waals surface area contributed by atoms with Crippen LogP contribution in [0.1, 0.15) is 50.2 Å². The summed E-state index contributed by atoms with van der Waals surface area (Å²) in [5.41, 5.74) is 2.19. The van der Waals surface area contributed by atoms with Gasteiger partial charge in [0.2, 0.25) is 28.6 Å². The normalized spacial score (nSPS) is 15.9. The van der Waals surface area contributed by atoms with E-state index < -0.39 is 28.5 Å². The van der Waals surface area contributed by atoms with Gasteiger partial charge in [-0.25, -0.2) is 8.42 Å². The van der Waals surface area contributed by atoms with Crippen LogP contribution < -0.4 is 19.1 Å². The van der Waals surface area contributed by atoms with Crippen molar-refractivity contribution < 1.29 is 27.5 Å². The summed E-state index contributed by atoms with van der Waals surface area (Å²) >= 11 is 0. The molecular weight excluding hydrogens is 494 g/mol. The largest absolute Gasteiger partial charge is 0.454 e. The molecule has 2 amide bonds. The average Bonchev–Trinajstić information content (AvgIpc) is 3.53. The molecule has 0 bridgehead atoms. The Kier molecular flexibility index (Phi) is 8.26. The zero-order chi connectivity index (χ0) is 26.6. The molecule has 0 radical (unpaired) electrons. The molecule has 2 aromatic carbocycles. The number of carbonyl (C=O) groups excluding carboxylic acids is 2. The zero-order valence-electron chi connectivity index (χ0n) is 21.6. The van der Waals surface area contributed by atoms with Gasteiger partial charge in [0.05, 0.1) is 11.9 Å². The van der Waals surface area contributed by atoms with Crippen molar-refractivity contribution in [2.24, 2.45) is 0 Å². The van der Waals surface area contributed by atoms with Crippen LogP contribution in [0.15, 0.2) is 42.5 Å². The standard InChI is InChI=1S/C27H35N3O6S/c1-4-23(27(32)28-21-10-5-6-11-21)29(16-20-9-7-8-19(2)14-20)26(31)17-30(37(3,33)34)22-12-13-24-25(15-22)36-18-35-24/h7-9,12-15,21,23H,4-6,10-11,16-18H2,1-3H3,(H,28,32)/t23-/m1/s1. The van der Waals surface area contributed by atoms with Gasteiger partial charge in [0, 0.05) is 18.7 Å². The van der Waals surface area contributed by atoms with Crippen LogP contribution in [-0.4, -0.2) is 56.8 Å². The van der Waals surface area contributed by atoms with Crippen molar-refractivity contribution in [2.75, 3.05) is 23.9 Å². The third-order valence-corrected chi connectivity index (χ3v) is 7.99. The molecule has 1 atom stereocenters. The summed E-state index contributed by atoms with van der Waals surface area (Å²) in [7, 11) is -3.83. The molecule has 4 rings (SSSR count). The van der Waals surface area contributed by atoms with E-state index in [1.807, 2.05) is 38.1 Å². The molecule has 0 spiro atoms. The quantitative estimate of drug-likeness (QED) is 0.506. The SMILES string of the molecule is CC[C@H](C(=O)NC1CCCC1)N(Cc1cccc(C)c1)C(=O)CN(c1ccc2c(c1)OCO2)S(C)(=O)=O. The van der Waals surface area contributed by atoms with Crippen LogP contribution >= 0.6 is 0 Å². The van der Waals surface area contributed by atoms with E-state index >= 15 is 0 Å². The highest BCUT2D eigenvalue weighted by atomic mass is 32.2. The molecule has 1 aliphatic carbocycles. The average molecular weight is 530 g/mol. The van der Waals surface area contributed by atoms with Gasteiger partial charge in [-0.3, -0.25) is 13.9 Å². The first-order valence-corrected chi connectivity index (χ1v) is 14.5. The van der Waals surface area contributed by atoms with E-state index in [9.17, 15) is 18.0 Å². The first-order valence-electron chi connectivity index (χ1n) is 12.7. The second-order valence-corrected chi connectivity index (χ2v) is 11.6. The van der Waals surface area contributed by atoms with Crippen molar-refractivity contribution in [1.29, 1.82) is 0 Å². The van der Waals surface area contributed by atoms with Crippen molar-refractivity contribution in [3.05, 3.63) is 53.6 Å². The molecule has 1 heterocycles. The Hall–Kier alpha value is -3.27. The van der Waals surface area contributed by atoms with E-state index in [0.717, 1.165) is 47.4 Å². The van der Waals surface area contributed by atoms with Crippen LogP contribution in [0.3, 0.4) is 0 Å². The summed E-state index contributed by atoms with van der Waals surface area (Å²) in [6.07, 6.45) is 5.47. The van der Waals surface area contributed by atoms with Gasteiger partial charge < -0.3 is 19.7 Å². The maximum atomic E-state index is 13.8. The molecule has 2 aromatic rings. The Morgan fingerprint density at radius 2 is 1.81 bits per heavy atom. The van der Waals surface area contributed by atoms with E-state index in [4.69, 9.17) is 9.47 Å². The molecule has 37 heavy (non-hydrogen) atoms. The lowest BCUT2D eigenvalue weighted by Crippen LogP contribution is -2.53. The second-order valence-electron chi connectivity index (χ2n) is 9.73. The minimum Gasteiger partial charge on any atom is -0.454 e. The van der Waals surface area contributed by atoms with Crippen LogP contribution in [0.5, 0.6) is 11.5 Å². The van der Waals surface area contributed by atoms with E-state index in [-0.39, 0.29) is 25.3 Å². The number of carbonyl (C=O) groups is 2. The number of anilines is 1. The number of fused-ring (bicyclic) bond motifs is 1. The number of hydrogen-bond acceptors (Lipinski definition) is 6. The van der Waals surface area contributed by atoms with Crippen LogP contribution in [0.2, 0.25) is 0 Å². The fourth-order valence-corrected chi connectivity index (χ4v) is 5.79. The molecule has 2 aliphatic rings. The predicted octanol–water partition coefficient (Wildman–Crippen LogP) is 3.36. The minimum atomic E-state index is -3.83. The fraction of sp³-hybridized carbons (Fsp3) is 0.481. The Morgan fingerprint density at radius 3 is 2.49 bits per heavy atom. The number of sulfonamides is 1. The molecule has 1 fully saturated rings. The molecule has 200 valence electrons.